The van der Waals surface area contributed by atoms with Crippen LogP contribution in [0.15, 0.2) is 71.8 Å². The van der Waals surface area contributed by atoms with Gasteiger partial charge in [0.15, 0.2) is 0 Å². The number of hydrogen-bond acceptors (Lipinski definition) is 4. The number of hydrazone groups is 1. The number of halogens is 1. The van der Waals surface area contributed by atoms with Gasteiger partial charge in [-0.15, -0.1) is 0 Å². The fraction of sp³-hybridized carbons (Fsp3) is 0.200. The van der Waals surface area contributed by atoms with Crippen molar-refractivity contribution in [1.82, 2.24) is 5.01 Å². The van der Waals surface area contributed by atoms with E-state index in [1.165, 1.54) is 0 Å². The van der Waals surface area contributed by atoms with Crippen LogP contribution in [-0.2, 0) is 10.5 Å². The number of rotatable bonds is 1. The first kappa shape index (κ1) is 18.5. The molecule has 2 atom stereocenters. The van der Waals surface area contributed by atoms with E-state index in [-0.39, 0.29) is 11.9 Å². The summed E-state index contributed by atoms with van der Waals surface area (Å²) in [4.78, 5) is 15.4. The third kappa shape index (κ3) is 2.44. The van der Waals surface area contributed by atoms with E-state index in [4.69, 9.17) is 21.4 Å². The van der Waals surface area contributed by atoms with E-state index in [2.05, 4.69) is 6.07 Å². The number of benzene rings is 3. The Bertz CT molecular complexity index is 1270. The Labute approximate surface area is 185 Å². The first-order valence-corrected chi connectivity index (χ1v) is 10.7. The lowest BCUT2D eigenvalue weighted by Gasteiger charge is -2.44. The number of hydrogen-bond donors (Lipinski definition) is 0. The van der Waals surface area contributed by atoms with Crippen molar-refractivity contribution in [2.75, 3.05) is 11.9 Å². The number of fused-ring (bicyclic) bond motifs is 6. The summed E-state index contributed by atoms with van der Waals surface area (Å²) in [6.45, 7) is 2.03. The second-order valence-electron chi connectivity index (χ2n) is 8.29. The molecular formula is C25H20ClN3O2. The van der Waals surface area contributed by atoms with Crippen molar-refractivity contribution in [3.05, 3.63) is 94.0 Å². The summed E-state index contributed by atoms with van der Waals surface area (Å²) in [5, 5.41) is 7.55. The molecule has 0 aromatic heterocycles. The topological polar surface area (TPSA) is 45.1 Å². The zero-order valence-electron chi connectivity index (χ0n) is 17.2. The average Bonchev–Trinajstić information content (AvgIpc) is 3.31. The Kier molecular flexibility index (Phi) is 3.78. The molecule has 0 saturated heterocycles. The normalized spacial score (nSPS) is 23.4. The molecule has 1 spiro atoms. The van der Waals surface area contributed by atoms with Gasteiger partial charge in [-0.25, -0.2) is 5.01 Å². The van der Waals surface area contributed by atoms with E-state index in [0.717, 1.165) is 39.4 Å². The molecule has 0 saturated carbocycles. The lowest BCUT2D eigenvalue weighted by Crippen LogP contribution is -2.56. The molecule has 3 aromatic carbocycles. The second-order valence-corrected chi connectivity index (χ2v) is 8.72. The van der Waals surface area contributed by atoms with Gasteiger partial charge in [-0.3, -0.25) is 4.79 Å². The third-order valence-corrected chi connectivity index (χ3v) is 6.67. The minimum atomic E-state index is -1.32. The average molecular weight is 430 g/mol. The van der Waals surface area contributed by atoms with E-state index in [9.17, 15) is 4.79 Å². The molecule has 6 heteroatoms. The molecule has 3 aliphatic rings. The largest absolute Gasteiger partial charge is 0.453 e. The van der Waals surface area contributed by atoms with Crippen LogP contribution < -0.4 is 9.64 Å². The Hall–Kier alpha value is -3.31. The Balaban J connectivity index is 1.59. The van der Waals surface area contributed by atoms with Crippen LogP contribution in [0.5, 0.6) is 5.75 Å². The molecule has 5 nitrogen and oxygen atoms in total. The van der Waals surface area contributed by atoms with Crippen LogP contribution in [0.1, 0.15) is 34.7 Å². The molecule has 0 bridgehead atoms. The number of nitrogens with zero attached hydrogens (tertiary/aromatic N) is 3. The smallest absolute Gasteiger partial charge is 0.306 e. The Morgan fingerprint density at radius 2 is 1.87 bits per heavy atom. The molecule has 31 heavy (non-hydrogen) atoms. The summed E-state index contributed by atoms with van der Waals surface area (Å²) in [6, 6.07) is 21.6. The molecule has 0 fully saturated rings. The fourth-order valence-electron chi connectivity index (χ4n) is 4.90. The summed E-state index contributed by atoms with van der Waals surface area (Å²) in [7, 11) is 1.80. The van der Waals surface area contributed by atoms with Crippen molar-refractivity contribution in [3.8, 4) is 5.75 Å². The van der Waals surface area contributed by atoms with Gasteiger partial charge >= 0.3 is 5.72 Å². The van der Waals surface area contributed by atoms with Gasteiger partial charge in [0.2, 0.25) is 0 Å². The van der Waals surface area contributed by atoms with Gasteiger partial charge in [-0.05, 0) is 42.8 Å². The van der Waals surface area contributed by atoms with Gasteiger partial charge < -0.3 is 9.64 Å². The highest BCUT2D eigenvalue weighted by molar-refractivity contribution is 6.30. The minimum absolute atomic E-state index is 0.0977. The number of ether oxygens (including phenoxy) is 1. The fourth-order valence-corrected chi connectivity index (χ4v) is 5.03. The van der Waals surface area contributed by atoms with Crippen LogP contribution in [0.4, 0.5) is 5.69 Å². The quantitative estimate of drug-likeness (QED) is 0.545. The predicted molar refractivity (Wildman–Crippen MR) is 121 cm³/mol. The number of aryl methyl sites for hydroxylation is 1. The number of carbonyl (C=O) groups is 1. The molecular weight excluding hydrogens is 410 g/mol. The molecule has 1 amide bonds. The predicted octanol–water partition coefficient (Wildman–Crippen LogP) is 5.02. The summed E-state index contributed by atoms with van der Waals surface area (Å²) in [6.07, 6.45) is 0.682. The third-order valence-electron chi connectivity index (χ3n) is 6.42. The van der Waals surface area contributed by atoms with Crippen LogP contribution in [0.25, 0.3) is 0 Å². The number of para-hydroxylation sites is 1. The molecule has 3 aliphatic heterocycles. The standard InChI is InChI=1S/C25H20ClN3O2/c1-15-7-12-21-19(13-15)25(24(30)28(21)2)29-22(18-5-3-4-6-23(18)31-25)14-20(27-29)16-8-10-17(26)11-9-16/h3-13,22H,14H2,1-2H3/t22-,25+/m0/s1. The van der Waals surface area contributed by atoms with Crippen LogP contribution in [0.2, 0.25) is 5.02 Å². The van der Waals surface area contributed by atoms with Gasteiger partial charge in [-0.1, -0.05) is 53.6 Å². The lowest BCUT2D eigenvalue weighted by molar-refractivity contribution is -0.163. The molecule has 6 rings (SSSR count). The maximum Gasteiger partial charge on any atom is 0.306 e. The molecule has 0 aliphatic carbocycles. The zero-order chi connectivity index (χ0) is 21.3. The van der Waals surface area contributed by atoms with Gasteiger partial charge in [0.25, 0.3) is 5.91 Å². The lowest BCUT2D eigenvalue weighted by atomic mass is 9.92. The van der Waals surface area contributed by atoms with Gasteiger partial charge in [-0.2, -0.15) is 5.10 Å². The van der Waals surface area contributed by atoms with Crippen LogP contribution >= 0.6 is 11.6 Å². The first-order chi connectivity index (χ1) is 15.0. The van der Waals surface area contributed by atoms with E-state index in [1.54, 1.807) is 11.9 Å². The summed E-state index contributed by atoms with van der Waals surface area (Å²) in [5.41, 5.74) is 4.39. The van der Waals surface area contributed by atoms with Gasteiger partial charge in [0.05, 0.1) is 23.0 Å². The van der Waals surface area contributed by atoms with Crippen molar-refractivity contribution in [2.24, 2.45) is 5.10 Å². The minimum Gasteiger partial charge on any atom is -0.453 e. The molecule has 0 N–H and O–H groups in total. The van der Waals surface area contributed by atoms with E-state index in [0.29, 0.717) is 11.4 Å². The number of anilines is 1. The monoisotopic (exact) mass is 429 g/mol. The molecule has 3 aromatic rings. The van der Waals surface area contributed by atoms with Crippen molar-refractivity contribution in [1.29, 1.82) is 0 Å². The van der Waals surface area contributed by atoms with E-state index < -0.39 is 5.72 Å². The molecule has 0 unspecified atom stereocenters. The highest BCUT2D eigenvalue weighted by atomic mass is 35.5. The molecule has 0 radical (unpaired) electrons. The molecule has 154 valence electrons. The number of carbonyl (C=O) groups excluding carboxylic acids is 1. The highest BCUT2D eigenvalue weighted by Gasteiger charge is 2.62. The van der Waals surface area contributed by atoms with Crippen LogP contribution in [-0.4, -0.2) is 23.7 Å². The van der Waals surface area contributed by atoms with Gasteiger partial charge in [0, 0.05) is 24.1 Å². The van der Waals surface area contributed by atoms with Crippen molar-refractivity contribution < 1.29 is 9.53 Å². The zero-order valence-corrected chi connectivity index (χ0v) is 17.9. The second kappa shape index (κ2) is 6.34. The number of amides is 1. The van der Waals surface area contributed by atoms with E-state index >= 15 is 0 Å². The van der Waals surface area contributed by atoms with Crippen molar-refractivity contribution >= 4 is 28.9 Å². The summed E-state index contributed by atoms with van der Waals surface area (Å²) >= 11 is 6.09. The van der Waals surface area contributed by atoms with Gasteiger partial charge in [0.1, 0.15) is 5.75 Å². The van der Waals surface area contributed by atoms with E-state index in [1.807, 2.05) is 72.6 Å². The van der Waals surface area contributed by atoms with Crippen LogP contribution in [0.3, 0.4) is 0 Å². The Morgan fingerprint density at radius 3 is 2.68 bits per heavy atom. The first-order valence-electron chi connectivity index (χ1n) is 10.3. The maximum atomic E-state index is 13.8. The highest BCUT2D eigenvalue weighted by Crippen LogP contribution is 2.55. The number of likely N-dealkylation sites (N-methyl/N-ethyl adjacent to an activating group) is 1. The van der Waals surface area contributed by atoms with Crippen molar-refractivity contribution in [2.45, 2.75) is 25.1 Å². The summed E-state index contributed by atoms with van der Waals surface area (Å²) in [5.74, 6) is 0.598. The van der Waals surface area contributed by atoms with Crippen LogP contribution in [0, 0.1) is 6.92 Å². The SMILES string of the molecule is Cc1ccc2c(c1)[C@@]1(Oc3ccccc3[C@@H]3CC(c4ccc(Cl)cc4)=NN31)C(=O)N2C. The Morgan fingerprint density at radius 1 is 1.10 bits per heavy atom. The van der Waals surface area contributed by atoms with Crippen molar-refractivity contribution in [3.63, 3.8) is 0 Å². The summed E-state index contributed by atoms with van der Waals surface area (Å²) < 4.78 is 6.57. The maximum absolute atomic E-state index is 13.8. The molecule has 3 heterocycles.